The highest BCUT2D eigenvalue weighted by Gasteiger charge is 2.24. The summed E-state index contributed by atoms with van der Waals surface area (Å²) in [6.45, 7) is 4.76. The molecule has 1 aliphatic rings. The number of aromatic nitrogens is 1. The largest absolute Gasteiger partial charge is 0.342 e. The monoisotopic (exact) mass is 613 g/mol. The molecule has 2 heterocycles. The average molecular weight is 615 g/mol. The second-order valence-corrected chi connectivity index (χ2v) is 13.1. The van der Waals surface area contributed by atoms with E-state index in [0.717, 1.165) is 75.1 Å². The molecular formula is C35H33Cl2N3OS. The van der Waals surface area contributed by atoms with E-state index < -0.39 is 0 Å². The first-order valence-electron chi connectivity index (χ1n) is 14.5. The normalized spacial score (nSPS) is 13.7. The number of thiophene rings is 1. The Morgan fingerprint density at radius 2 is 1.71 bits per heavy atom. The van der Waals surface area contributed by atoms with Gasteiger partial charge in [-0.15, -0.1) is 11.3 Å². The van der Waals surface area contributed by atoms with Gasteiger partial charge in [0.2, 0.25) is 0 Å². The van der Waals surface area contributed by atoms with E-state index in [2.05, 4.69) is 48.1 Å². The molecule has 0 spiro atoms. The quantitative estimate of drug-likeness (QED) is 0.190. The maximum absolute atomic E-state index is 13.9. The van der Waals surface area contributed by atoms with Crippen LogP contribution < -0.4 is 5.32 Å². The lowest BCUT2D eigenvalue weighted by molar-refractivity contribution is 0.102. The highest BCUT2D eigenvalue weighted by molar-refractivity contribution is 7.16. The lowest BCUT2D eigenvalue weighted by Crippen LogP contribution is -2.14. The molecule has 0 radical (unpaired) electrons. The van der Waals surface area contributed by atoms with Crippen LogP contribution in [0.4, 0.5) is 10.7 Å². The van der Waals surface area contributed by atoms with E-state index in [0.29, 0.717) is 16.6 Å². The zero-order valence-electron chi connectivity index (χ0n) is 23.8. The van der Waals surface area contributed by atoms with Gasteiger partial charge in [0.05, 0.1) is 15.6 Å². The van der Waals surface area contributed by atoms with Crippen molar-refractivity contribution in [1.82, 2.24) is 4.57 Å². The number of amides is 1. The molecule has 2 aromatic heterocycles. The third-order valence-corrected chi connectivity index (χ3v) is 9.78. The molecule has 0 unspecified atom stereocenters. The van der Waals surface area contributed by atoms with Crippen molar-refractivity contribution in [3.63, 3.8) is 0 Å². The Hall–Kier alpha value is -3.38. The number of anilines is 1. The Bertz CT molecular complexity index is 1800. The summed E-state index contributed by atoms with van der Waals surface area (Å²) in [4.78, 5) is 20.2. The summed E-state index contributed by atoms with van der Waals surface area (Å²) in [7, 11) is 0. The van der Waals surface area contributed by atoms with Crippen molar-refractivity contribution in [2.75, 3.05) is 5.32 Å². The maximum Gasteiger partial charge on any atom is 0.259 e. The minimum atomic E-state index is -0.0766. The molecular weight excluding hydrogens is 581 g/mol. The summed E-state index contributed by atoms with van der Waals surface area (Å²) in [5.41, 5.74) is 8.16. The van der Waals surface area contributed by atoms with Crippen LogP contribution in [0.25, 0.3) is 10.9 Å². The molecule has 0 saturated carbocycles. The summed E-state index contributed by atoms with van der Waals surface area (Å²) >= 11 is 14.1. The van der Waals surface area contributed by atoms with Crippen LogP contribution in [-0.2, 0) is 19.4 Å². The lowest BCUT2D eigenvalue weighted by atomic mass is 9.96. The van der Waals surface area contributed by atoms with Gasteiger partial charge in [0.15, 0.2) is 0 Å². The van der Waals surface area contributed by atoms with Gasteiger partial charge in [0, 0.05) is 46.0 Å². The Kier molecular flexibility index (Phi) is 8.53. The Labute approximate surface area is 261 Å². The Balaban J connectivity index is 1.37. The number of benzene rings is 3. The fourth-order valence-corrected chi connectivity index (χ4v) is 7.49. The van der Waals surface area contributed by atoms with Gasteiger partial charge in [-0.3, -0.25) is 4.79 Å². The highest BCUT2D eigenvalue weighted by atomic mass is 35.5. The van der Waals surface area contributed by atoms with Crippen LogP contribution in [0, 0.1) is 13.8 Å². The van der Waals surface area contributed by atoms with Gasteiger partial charge >= 0.3 is 0 Å². The molecule has 0 bridgehead atoms. The van der Waals surface area contributed by atoms with Crippen molar-refractivity contribution in [2.45, 2.75) is 58.9 Å². The third-order valence-electron chi connectivity index (χ3n) is 7.84. The maximum atomic E-state index is 13.9. The molecule has 214 valence electrons. The number of nitrogens with zero attached hydrogens (tertiary/aromatic N) is 2. The van der Waals surface area contributed by atoms with Gasteiger partial charge in [0.1, 0.15) is 5.00 Å². The molecule has 0 saturated heterocycles. The smallest absolute Gasteiger partial charge is 0.259 e. The molecule has 3 aromatic carbocycles. The molecule has 1 amide bonds. The minimum absolute atomic E-state index is 0.0766. The van der Waals surface area contributed by atoms with Crippen LogP contribution >= 0.6 is 34.5 Å². The van der Waals surface area contributed by atoms with E-state index >= 15 is 0 Å². The second-order valence-electron chi connectivity index (χ2n) is 11.2. The van der Waals surface area contributed by atoms with E-state index in [-0.39, 0.29) is 5.91 Å². The fraction of sp³-hybridized carbons (Fsp3) is 0.257. The van der Waals surface area contributed by atoms with Crippen LogP contribution in [0.15, 0.2) is 71.9 Å². The molecule has 42 heavy (non-hydrogen) atoms. The highest BCUT2D eigenvalue weighted by Crippen LogP contribution is 2.39. The van der Waals surface area contributed by atoms with Gasteiger partial charge in [-0.25, -0.2) is 4.99 Å². The lowest BCUT2D eigenvalue weighted by Gasteiger charge is -2.12. The number of para-hydroxylation sites is 1. The van der Waals surface area contributed by atoms with Gasteiger partial charge in [0.25, 0.3) is 5.91 Å². The van der Waals surface area contributed by atoms with E-state index in [1.807, 2.05) is 48.7 Å². The number of carbonyl (C=O) groups excluding carboxylic acids is 1. The second kappa shape index (κ2) is 12.5. The summed E-state index contributed by atoms with van der Waals surface area (Å²) < 4.78 is 2.21. The molecule has 4 nitrogen and oxygen atoms in total. The predicted molar refractivity (Wildman–Crippen MR) is 179 cm³/mol. The molecule has 0 aliphatic heterocycles. The molecule has 6 rings (SSSR count). The van der Waals surface area contributed by atoms with Gasteiger partial charge in [-0.1, -0.05) is 66.4 Å². The molecule has 7 heteroatoms. The average Bonchev–Trinajstić information content (AvgIpc) is 3.46. The van der Waals surface area contributed by atoms with Crippen molar-refractivity contribution >= 4 is 68.3 Å². The molecule has 1 aliphatic carbocycles. The number of aryl methyl sites for hydroxylation is 3. The van der Waals surface area contributed by atoms with Gasteiger partial charge < -0.3 is 9.88 Å². The zero-order chi connectivity index (χ0) is 29.2. The number of rotatable bonds is 6. The topological polar surface area (TPSA) is 46.4 Å². The molecule has 1 N–H and O–H groups in total. The summed E-state index contributed by atoms with van der Waals surface area (Å²) in [5, 5.41) is 6.18. The first kappa shape index (κ1) is 28.7. The van der Waals surface area contributed by atoms with E-state index in [1.54, 1.807) is 11.3 Å². The van der Waals surface area contributed by atoms with Crippen LogP contribution in [0.3, 0.4) is 0 Å². The van der Waals surface area contributed by atoms with Crippen molar-refractivity contribution in [3.05, 3.63) is 115 Å². The van der Waals surface area contributed by atoms with Gasteiger partial charge in [-0.2, -0.15) is 0 Å². The van der Waals surface area contributed by atoms with E-state index in [1.165, 1.54) is 23.3 Å². The van der Waals surface area contributed by atoms with E-state index in [4.69, 9.17) is 28.2 Å². The minimum Gasteiger partial charge on any atom is -0.342 e. The van der Waals surface area contributed by atoms with Gasteiger partial charge in [-0.05, 0) is 92.1 Å². The van der Waals surface area contributed by atoms with Crippen LogP contribution in [0.2, 0.25) is 10.0 Å². The number of carbonyl (C=O) groups is 1. The predicted octanol–water partition coefficient (Wildman–Crippen LogP) is 10.3. The van der Waals surface area contributed by atoms with Crippen molar-refractivity contribution in [2.24, 2.45) is 4.99 Å². The summed E-state index contributed by atoms with van der Waals surface area (Å²) in [6.07, 6.45) is 10.6. The number of hydrogen-bond acceptors (Lipinski definition) is 3. The van der Waals surface area contributed by atoms with Crippen molar-refractivity contribution < 1.29 is 4.79 Å². The summed E-state index contributed by atoms with van der Waals surface area (Å²) in [5.74, 6) is -0.0766. The summed E-state index contributed by atoms with van der Waals surface area (Å²) in [6, 6.07) is 20.2. The first-order chi connectivity index (χ1) is 20.4. The van der Waals surface area contributed by atoms with Crippen molar-refractivity contribution in [3.8, 4) is 0 Å². The number of fused-ring (bicyclic) bond motifs is 2. The Morgan fingerprint density at radius 1 is 0.952 bits per heavy atom. The van der Waals surface area contributed by atoms with Crippen molar-refractivity contribution in [1.29, 1.82) is 0 Å². The van der Waals surface area contributed by atoms with Crippen LogP contribution in [0.1, 0.15) is 68.7 Å². The molecule has 0 fully saturated rings. The first-order valence-corrected chi connectivity index (χ1v) is 16.0. The molecule has 0 atom stereocenters. The number of hydrogen-bond donors (Lipinski definition) is 1. The van der Waals surface area contributed by atoms with Crippen LogP contribution in [-0.4, -0.2) is 16.7 Å². The number of halogens is 2. The standard InChI is InChI=1S/C35H33Cl2N3OS/c1-22-15-23(2)17-26(16-22)39-34(41)33-28-10-5-3-4-6-12-32(28)42-35(33)38-19-25-21-40(31-11-8-7-9-27(25)31)20-24-13-14-29(36)30(37)18-24/h7-9,11,13-19,21H,3-6,10,12,20H2,1-2H3,(H,39,41). The van der Waals surface area contributed by atoms with Crippen LogP contribution in [0.5, 0.6) is 0 Å². The number of aliphatic imine (C=N–C) groups is 1. The number of nitrogens with one attached hydrogen (secondary N) is 1. The zero-order valence-corrected chi connectivity index (χ0v) is 26.2. The third kappa shape index (κ3) is 6.19. The van der Waals surface area contributed by atoms with E-state index in [9.17, 15) is 4.79 Å². The SMILES string of the molecule is Cc1cc(C)cc(NC(=O)c2c(N=Cc3cn(Cc4ccc(Cl)c(Cl)c4)c4ccccc34)sc3c2CCCCCC3)c1. The molecule has 5 aromatic rings. The Morgan fingerprint density at radius 3 is 2.50 bits per heavy atom. The fourth-order valence-electron chi connectivity index (χ4n) is 5.94.